The Morgan fingerprint density at radius 1 is 1.33 bits per heavy atom. The molecular formula is C14H19N3S. The Hall–Kier alpha value is -1.26. The van der Waals surface area contributed by atoms with Crippen LogP contribution < -0.4 is 5.32 Å². The molecule has 1 N–H and O–H groups in total. The van der Waals surface area contributed by atoms with E-state index in [4.69, 9.17) is 0 Å². The molecule has 0 amide bonds. The van der Waals surface area contributed by atoms with Crippen LogP contribution in [0.15, 0.2) is 29.8 Å². The molecule has 18 heavy (non-hydrogen) atoms. The number of nitrogens with zero attached hydrogens (tertiary/aromatic N) is 2. The van der Waals surface area contributed by atoms with Gasteiger partial charge in [-0.1, -0.05) is 13.0 Å². The van der Waals surface area contributed by atoms with Crippen molar-refractivity contribution in [2.45, 2.75) is 32.7 Å². The van der Waals surface area contributed by atoms with Crippen molar-refractivity contribution in [1.29, 1.82) is 0 Å². The average Bonchev–Trinajstić information content (AvgIpc) is 2.88. The molecular weight excluding hydrogens is 242 g/mol. The standard InChI is InChI=1S/C14H19N3S/c1-3-11(2)15-9-7-14-17-13(10-18-14)12-6-4-5-8-16-12/h4-6,8,10-11,15H,3,7,9H2,1-2H3. The molecule has 0 radical (unpaired) electrons. The van der Waals surface area contributed by atoms with Gasteiger partial charge in [-0.15, -0.1) is 11.3 Å². The van der Waals surface area contributed by atoms with Gasteiger partial charge in [0, 0.05) is 30.6 Å². The van der Waals surface area contributed by atoms with E-state index < -0.39 is 0 Å². The molecule has 1 atom stereocenters. The molecule has 0 aliphatic carbocycles. The van der Waals surface area contributed by atoms with E-state index in [9.17, 15) is 0 Å². The van der Waals surface area contributed by atoms with Gasteiger partial charge in [0.2, 0.25) is 0 Å². The van der Waals surface area contributed by atoms with Crippen LogP contribution in [-0.4, -0.2) is 22.6 Å². The Morgan fingerprint density at radius 2 is 2.22 bits per heavy atom. The van der Waals surface area contributed by atoms with E-state index >= 15 is 0 Å². The molecule has 1 unspecified atom stereocenters. The maximum absolute atomic E-state index is 4.62. The summed E-state index contributed by atoms with van der Waals surface area (Å²) in [6.45, 7) is 5.39. The third-order valence-electron chi connectivity index (χ3n) is 2.92. The summed E-state index contributed by atoms with van der Waals surface area (Å²) in [5.41, 5.74) is 1.94. The third kappa shape index (κ3) is 3.62. The molecule has 2 rings (SSSR count). The molecule has 2 heterocycles. The van der Waals surface area contributed by atoms with Gasteiger partial charge in [-0.2, -0.15) is 0 Å². The Bertz CT molecular complexity index is 467. The third-order valence-corrected chi connectivity index (χ3v) is 3.83. The van der Waals surface area contributed by atoms with E-state index in [1.54, 1.807) is 17.5 Å². The van der Waals surface area contributed by atoms with Crippen molar-refractivity contribution in [3.63, 3.8) is 0 Å². The van der Waals surface area contributed by atoms with Crippen LogP contribution in [-0.2, 0) is 6.42 Å². The highest BCUT2D eigenvalue weighted by atomic mass is 32.1. The summed E-state index contributed by atoms with van der Waals surface area (Å²) in [7, 11) is 0. The largest absolute Gasteiger partial charge is 0.314 e. The molecule has 0 fully saturated rings. The highest BCUT2D eigenvalue weighted by Gasteiger charge is 2.05. The van der Waals surface area contributed by atoms with Crippen molar-refractivity contribution >= 4 is 11.3 Å². The normalized spacial score (nSPS) is 12.6. The number of hydrogen-bond donors (Lipinski definition) is 1. The summed E-state index contributed by atoms with van der Waals surface area (Å²) < 4.78 is 0. The highest BCUT2D eigenvalue weighted by molar-refractivity contribution is 7.09. The van der Waals surface area contributed by atoms with Gasteiger partial charge >= 0.3 is 0 Å². The molecule has 0 saturated heterocycles. The quantitative estimate of drug-likeness (QED) is 0.868. The second-order valence-electron chi connectivity index (χ2n) is 4.35. The first-order valence-corrected chi connectivity index (χ1v) is 7.26. The van der Waals surface area contributed by atoms with Gasteiger partial charge in [0.15, 0.2) is 0 Å². The van der Waals surface area contributed by atoms with Gasteiger partial charge in [-0.25, -0.2) is 4.98 Å². The molecule has 96 valence electrons. The fourth-order valence-corrected chi connectivity index (χ4v) is 2.42. The van der Waals surface area contributed by atoms with Gasteiger partial charge in [0.05, 0.1) is 16.4 Å². The summed E-state index contributed by atoms with van der Waals surface area (Å²) >= 11 is 1.71. The first kappa shape index (κ1) is 13.2. The molecule has 0 spiro atoms. The molecule has 2 aromatic rings. The van der Waals surface area contributed by atoms with E-state index in [1.165, 1.54) is 5.01 Å². The van der Waals surface area contributed by atoms with Crippen LogP contribution in [0.1, 0.15) is 25.3 Å². The topological polar surface area (TPSA) is 37.8 Å². The zero-order chi connectivity index (χ0) is 12.8. The molecule has 0 aromatic carbocycles. The Labute approximate surface area is 112 Å². The lowest BCUT2D eigenvalue weighted by molar-refractivity contribution is 0.537. The van der Waals surface area contributed by atoms with E-state index in [2.05, 4.69) is 34.5 Å². The molecule has 2 aromatic heterocycles. The summed E-state index contributed by atoms with van der Waals surface area (Å²) in [6, 6.07) is 6.50. The SMILES string of the molecule is CCC(C)NCCc1nc(-c2ccccn2)cs1. The van der Waals surface area contributed by atoms with Crippen LogP contribution in [0.4, 0.5) is 0 Å². The van der Waals surface area contributed by atoms with Crippen molar-refractivity contribution < 1.29 is 0 Å². The van der Waals surface area contributed by atoms with Crippen LogP contribution in [0.2, 0.25) is 0 Å². The van der Waals surface area contributed by atoms with Crippen molar-refractivity contribution in [1.82, 2.24) is 15.3 Å². The second kappa shape index (κ2) is 6.61. The number of aromatic nitrogens is 2. The Balaban J connectivity index is 1.91. The molecule has 4 heteroatoms. The maximum Gasteiger partial charge on any atom is 0.0998 e. The van der Waals surface area contributed by atoms with Crippen molar-refractivity contribution in [2.75, 3.05) is 6.54 Å². The Morgan fingerprint density at radius 3 is 2.94 bits per heavy atom. The lowest BCUT2D eigenvalue weighted by Gasteiger charge is -2.09. The zero-order valence-electron chi connectivity index (χ0n) is 10.9. The predicted octanol–water partition coefficient (Wildman–Crippen LogP) is 3.14. The van der Waals surface area contributed by atoms with E-state index in [-0.39, 0.29) is 0 Å². The van der Waals surface area contributed by atoms with Crippen molar-refractivity contribution in [3.05, 3.63) is 34.8 Å². The summed E-state index contributed by atoms with van der Waals surface area (Å²) in [6.07, 6.45) is 3.96. The number of thiazole rings is 1. The molecule has 0 bridgehead atoms. The fourth-order valence-electron chi connectivity index (χ4n) is 1.63. The maximum atomic E-state index is 4.62. The lowest BCUT2D eigenvalue weighted by atomic mass is 10.2. The summed E-state index contributed by atoms with van der Waals surface area (Å²) in [5, 5.41) is 6.74. The van der Waals surface area contributed by atoms with Gasteiger partial charge in [-0.05, 0) is 25.5 Å². The average molecular weight is 261 g/mol. The summed E-state index contributed by atoms with van der Waals surface area (Å²) in [4.78, 5) is 8.93. The van der Waals surface area contributed by atoms with E-state index in [1.807, 2.05) is 18.2 Å². The first-order valence-electron chi connectivity index (χ1n) is 6.38. The molecule has 0 saturated carbocycles. The molecule has 0 aliphatic rings. The first-order chi connectivity index (χ1) is 8.79. The fraction of sp³-hybridized carbons (Fsp3) is 0.429. The van der Waals surface area contributed by atoms with Crippen molar-refractivity contribution in [2.24, 2.45) is 0 Å². The van der Waals surface area contributed by atoms with Crippen LogP contribution in [0.5, 0.6) is 0 Å². The zero-order valence-corrected chi connectivity index (χ0v) is 11.7. The molecule has 3 nitrogen and oxygen atoms in total. The van der Waals surface area contributed by atoms with Gasteiger partial charge < -0.3 is 5.32 Å². The monoisotopic (exact) mass is 261 g/mol. The van der Waals surface area contributed by atoms with Gasteiger partial charge in [0.1, 0.15) is 0 Å². The second-order valence-corrected chi connectivity index (χ2v) is 5.30. The smallest absolute Gasteiger partial charge is 0.0998 e. The number of hydrogen-bond acceptors (Lipinski definition) is 4. The minimum Gasteiger partial charge on any atom is -0.314 e. The van der Waals surface area contributed by atoms with E-state index in [0.717, 1.165) is 30.8 Å². The van der Waals surface area contributed by atoms with Crippen LogP contribution in [0.25, 0.3) is 11.4 Å². The highest BCUT2D eigenvalue weighted by Crippen LogP contribution is 2.19. The minimum absolute atomic E-state index is 0.584. The minimum atomic E-state index is 0.584. The predicted molar refractivity (Wildman–Crippen MR) is 76.8 cm³/mol. The number of rotatable bonds is 6. The molecule has 0 aliphatic heterocycles. The van der Waals surface area contributed by atoms with Gasteiger partial charge in [0.25, 0.3) is 0 Å². The lowest BCUT2D eigenvalue weighted by Crippen LogP contribution is -2.27. The Kier molecular flexibility index (Phi) is 4.84. The van der Waals surface area contributed by atoms with Crippen molar-refractivity contribution in [3.8, 4) is 11.4 Å². The number of nitrogens with one attached hydrogen (secondary N) is 1. The van der Waals surface area contributed by atoms with Crippen LogP contribution in [0, 0.1) is 0 Å². The number of pyridine rings is 1. The van der Waals surface area contributed by atoms with Crippen LogP contribution in [0.3, 0.4) is 0 Å². The summed E-state index contributed by atoms with van der Waals surface area (Å²) in [5.74, 6) is 0. The van der Waals surface area contributed by atoms with E-state index in [0.29, 0.717) is 6.04 Å². The van der Waals surface area contributed by atoms with Gasteiger partial charge in [-0.3, -0.25) is 4.98 Å². The van der Waals surface area contributed by atoms with Crippen LogP contribution >= 0.6 is 11.3 Å².